The number of likely N-dealkylation sites (N-methyl/N-ethyl adjacent to an activating group) is 1. The predicted octanol–water partition coefficient (Wildman–Crippen LogP) is 0.739. The number of para-hydroxylation sites is 1. The van der Waals surface area contributed by atoms with Crippen molar-refractivity contribution in [3.8, 4) is 0 Å². The summed E-state index contributed by atoms with van der Waals surface area (Å²) in [6.07, 6.45) is 1.19. The van der Waals surface area contributed by atoms with Crippen molar-refractivity contribution in [1.29, 1.82) is 0 Å². The molecule has 1 aromatic carbocycles. The Bertz CT molecular complexity index is 470. The van der Waals surface area contributed by atoms with Crippen LogP contribution < -0.4 is 4.90 Å². The first-order chi connectivity index (χ1) is 6.84. The molecule has 0 aliphatic carbocycles. The molecule has 2 N–H and O–H groups in total. The van der Waals surface area contributed by atoms with Gasteiger partial charge < -0.3 is 9.88 Å². The van der Waals surface area contributed by atoms with Crippen LogP contribution in [0, 0.1) is 0 Å². The number of hydrogen-bond donors (Lipinski definition) is 2. The van der Waals surface area contributed by atoms with Gasteiger partial charge in [-0.25, -0.2) is 0 Å². The van der Waals surface area contributed by atoms with Crippen LogP contribution in [-0.4, -0.2) is 18.6 Å². The number of nitrogens with one attached hydrogen (secondary N) is 2. The van der Waals surface area contributed by atoms with E-state index in [0.717, 1.165) is 0 Å². The molecule has 1 unspecified atom stereocenters. The lowest BCUT2D eigenvalue weighted by molar-refractivity contribution is -0.895. The number of rotatable bonds is 0. The Hall–Kier alpha value is -1.28. The Kier molecular flexibility index (Phi) is 1.64. The molecule has 1 aliphatic rings. The molecule has 0 fully saturated rings. The van der Waals surface area contributed by atoms with E-state index in [1.165, 1.54) is 41.7 Å². The van der Waals surface area contributed by atoms with E-state index in [2.05, 4.69) is 36.3 Å². The van der Waals surface area contributed by atoms with E-state index in [1.54, 1.807) is 4.90 Å². The minimum Gasteiger partial charge on any atom is -0.358 e. The fourth-order valence-electron chi connectivity index (χ4n) is 2.40. The van der Waals surface area contributed by atoms with Crippen LogP contribution in [0.1, 0.15) is 11.3 Å². The molecule has 0 bridgehead atoms. The second-order valence-corrected chi connectivity index (χ2v) is 4.26. The van der Waals surface area contributed by atoms with Gasteiger partial charge >= 0.3 is 0 Å². The third kappa shape index (κ3) is 1.07. The summed E-state index contributed by atoms with van der Waals surface area (Å²) in [5.41, 5.74) is 4.29. The fraction of sp³-hybridized carbons (Fsp3) is 0.333. The normalized spacial score (nSPS) is 21.1. The Labute approximate surface area is 83.5 Å². The van der Waals surface area contributed by atoms with Gasteiger partial charge in [-0.3, -0.25) is 0 Å². The van der Waals surface area contributed by atoms with E-state index in [9.17, 15) is 0 Å². The Morgan fingerprint density at radius 3 is 3.07 bits per heavy atom. The quantitative estimate of drug-likeness (QED) is 0.607. The standard InChI is InChI=1S/C12H14N2/c1-14-7-6-12-10(8-14)9-4-2-3-5-11(9)13-12/h2-5,13H,6-8H2,1H3/p+1. The highest BCUT2D eigenvalue weighted by molar-refractivity contribution is 5.84. The van der Waals surface area contributed by atoms with Crippen molar-refractivity contribution < 1.29 is 4.90 Å². The van der Waals surface area contributed by atoms with Gasteiger partial charge in [-0.1, -0.05) is 18.2 Å². The molecule has 2 aromatic rings. The molecule has 1 aromatic heterocycles. The maximum atomic E-state index is 3.52. The largest absolute Gasteiger partial charge is 0.358 e. The molecule has 14 heavy (non-hydrogen) atoms. The number of hydrogen-bond acceptors (Lipinski definition) is 0. The van der Waals surface area contributed by atoms with Gasteiger partial charge in [-0.2, -0.15) is 0 Å². The van der Waals surface area contributed by atoms with Crippen LogP contribution in [0.5, 0.6) is 0 Å². The lowest BCUT2D eigenvalue weighted by atomic mass is 10.1. The van der Waals surface area contributed by atoms with Crippen LogP contribution >= 0.6 is 0 Å². The first kappa shape index (κ1) is 8.06. The van der Waals surface area contributed by atoms with Crippen LogP contribution in [0.25, 0.3) is 10.9 Å². The Balaban J connectivity index is 2.25. The molecule has 0 saturated heterocycles. The summed E-state index contributed by atoms with van der Waals surface area (Å²) in [6.45, 7) is 2.42. The lowest BCUT2D eigenvalue weighted by Crippen LogP contribution is -3.08. The number of benzene rings is 1. The van der Waals surface area contributed by atoms with Crippen molar-refractivity contribution in [3.63, 3.8) is 0 Å². The van der Waals surface area contributed by atoms with Crippen LogP contribution in [-0.2, 0) is 13.0 Å². The van der Waals surface area contributed by atoms with E-state index < -0.39 is 0 Å². The molecule has 1 aliphatic heterocycles. The number of aromatic amines is 1. The van der Waals surface area contributed by atoms with Crippen LogP contribution in [0.3, 0.4) is 0 Å². The lowest BCUT2D eigenvalue weighted by Gasteiger charge is -2.19. The molecule has 0 radical (unpaired) electrons. The van der Waals surface area contributed by atoms with E-state index in [1.807, 2.05) is 0 Å². The van der Waals surface area contributed by atoms with Crippen molar-refractivity contribution in [2.24, 2.45) is 0 Å². The fourth-order valence-corrected chi connectivity index (χ4v) is 2.40. The molecule has 3 rings (SSSR count). The zero-order valence-electron chi connectivity index (χ0n) is 8.43. The third-order valence-corrected chi connectivity index (χ3v) is 3.18. The zero-order chi connectivity index (χ0) is 9.54. The minimum atomic E-state index is 1.17. The average molecular weight is 187 g/mol. The van der Waals surface area contributed by atoms with Crippen molar-refractivity contribution >= 4 is 10.9 Å². The molecule has 2 heterocycles. The summed E-state index contributed by atoms with van der Waals surface area (Å²) in [4.78, 5) is 5.14. The van der Waals surface area contributed by atoms with E-state index >= 15 is 0 Å². The zero-order valence-corrected chi connectivity index (χ0v) is 8.43. The average Bonchev–Trinajstić information content (AvgIpc) is 2.56. The summed E-state index contributed by atoms with van der Waals surface area (Å²) >= 11 is 0. The van der Waals surface area contributed by atoms with Crippen molar-refractivity contribution in [2.75, 3.05) is 13.6 Å². The summed E-state index contributed by atoms with van der Waals surface area (Å²) in [5.74, 6) is 0. The molecule has 0 spiro atoms. The van der Waals surface area contributed by atoms with Crippen LogP contribution in [0.15, 0.2) is 24.3 Å². The number of quaternary nitrogens is 1. The third-order valence-electron chi connectivity index (χ3n) is 3.18. The molecule has 2 nitrogen and oxygen atoms in total. The van der Waals surface area contributed by atoms with E-state index in [-0.39, 0.29) is 0 Å². The van der Waals surface area contributed by atoms with Crippen molar-refractivity contribution in [1.82, 2.24) is 4.98 Å². The van der Waals surface area contributed by atoms with Gasteiger partial charge in [-0.05, 0) is 6.07 Å². The predicted molar refractivity (Wildman–Crippen MR) is 57.5 cm³/mol. The number of H-pyrrole nitrogens is 1. The van der Waals surface area contributed by atoms with Crippen LogP contribution in [0.2, 0.25) is 0 Å². The maximum absolute atomic E-state index is 3.52. The first-order valence-electron chi connectivity index (χ1n) is 5.24. The SMILES string of the molecule is C[NH+]1CCc2[nH]c3ccccc3c2C1. The first-order valence-corrected chi connectivity index (χ1v) is 5.24. The second-order valence-electron chi connectivity index (χ2n) is 4.26. The summed E-state index contributed by atoms with van der Waals surface area (Å²) in [6, 6.07) is 8.62. The maximum Gasteiger partial charge on any atom is 0.105 e. The van der Waals surface area contributed by atoms with Gasteiger partial charge in [0.15, 0.2) is 0 Å². The van der Waals surface area contributed by atoms with Gasteiger partial charge in [0, 0.05) is 28.6 Å². The van der Waals surface area contributed by atoms with Crippen molar-refractivity contribution in [2.45, 2.75) is 13.0 Å². The van der Waals surface area contributed by atoms with Crippen molar-refractivity contribution in [3.05, 3.63) is 35.5 Å². The molecule has 0 amide bonds. The highest BCUT2D eigenvalue weighted by Gasteiger charge is 2.20. The Morgan fingerprint density at radius 1 is 1.29 bits per heavy atom. The summed E-state index contributed by atoms with van der Waals surface area (Å²) < 4.78 is 0. The summed E-state index contributed by atoms with van der Waals surface area (Å²) in [7, 11) is 2.27. The molecular formula is C12H15N2+. The van der Waals surface area contributed by atoms with Gasteiger partial charge in [-0.15, -0.1) is 0 Å². The molecule has 1 atom stereocenters. The highest BCUT2D eigenvalue weighted by atomic mass is 15.1. The van der Waals surface area contributed by atoms with E-state index in [4.69, 9.17) is 0 Å². The number of aromatic nitrogens is 1. The highest BCUT2D eigenvalue weighted by Crippen LogP contribution is 2.22. The Morgan fingerprint density at radius 2 is 2.14 bits per heavy atom. The monoisotopic (exact) mass is 187 g/mol. The van der Waals surface area contributed by atoms with Gasteiger partial charge in [0.1, 0.15) is 6.54 Å². The van der Waals surface area contributed by atoms with Gasteiger partial charge in [0.05, 0.1) is 13.6 Å². The smallest absolute Gasteiger partial charge is 0.105 e. The van der Waals surface area contributed by atoms with E-state index in [0.29, 0.717) is 0 Å². The molecule has 0 saturated carbocycles. The minimum absolute atomic E-state index is 1.17. The second kappa shape index (κ2) is 2.85. The van der Waals surface area contributed by atoms with Gasteiger partial charge in [0.25, 0.3) is 0 Å². The number of fused-ring (bicyclic) bond motifs is 3. The van der Waals surface area contributed by atoms with Gasteiger partial charge in [0.2, 0.25) is 0 Å². The van der Waals surface area contributed by atoms with Crippen LogP contribution in [0.4, 0.5) is 0 Å². The summed E-state index contributed by atoms with van der Waals surface area (Å²) in [5, 5.41) is 1.42. The topological polar surface area (TPSA) is 20.2 Å². The molecular weight excluding hydrogens is 172 g/mol. The molecule has 72 valence electrons. The molecule has 2 heteroatoms.